The van der Waals surface area contributed by atoms with E-state index < -0.39 is 10.0 Å². The lowest BCUT2D eigenvalue weighted by Gasteiger charge is -2.18. The second-order valence-corrected chi connectivity index (χ2v) is 6.37. The number of anilines is 1. The number of hydrogen-bond donors (Lipinski definition) is 2. The second-order valence-electron chi connectivity index (χ2n) is 4.47. The number of rotatable bonds is 5. The van der Waals surface area contributed by atoms with Crippen LogP contribution in [0.4, 0.5) is 5.82 Å². The van der Waals surface area contributed by atoms with Crippen LogP contribution >= 0.6 is 0 Å². The third kappa shape index (κ3) is 2.86. The fourth-order valence-corrected chi connectivity index (χ4v) is 3.87. The predicted molar refractivity (Wildman–Crippen MR) is 70.8 cm³/mol. The van der Waals surface area contributed by atoms with Crippen LogP contribution in [0.3, 0.4) is 0 Å². The van der Waals surface area contributed by atoms with Crippen molar-refractivity contribution >= 4 is 15.8 Å². The first-order valence-electron chi connectivity index (χ1n) is 6.00. The molecule has 0 amide bonds. The number of nitrogens with zero attached hydrogens (tertiary/aromatic N) is 2. The lowest BCUT2D eigenvalue weighted by atomic mass is 10.1. The number of nitrogen functional groups attached to an aromatic ring is 1. The van der Waals surface area contributed by atoms with Crippen molar-refractivity contribution in [2.45, 2.75) is 11.3 Å². The van der Waals surface area contributed by atoms with Crippen LogP contribution in [-0.4, -0.2) is 44.5 Å². The summed E-state index contributed by atoms with van der Waals surface area (Å²) >= 11 is 0. The van der Waals surface area contributed by atoms with E-state index >= 15 is 0 Å². The molecule has 0 aliphatic carbocycles. The van der Waals surface area contributed by atoms with Crippen molar-refractivity contribution in [2.24, 2.45) is 11.8 Å². The van der Waals surface area contributed by atoms with E-state index in [0.29, 0.717) is 19.7 Å². The molecule has 1 saturated heterocycles. The van der Waals surface area contributed by atoms with Gasteiger partial charge in [-0.15, -0.1) is 0 Å². The number of pyridine rings is 1. The van der Waals surface area contributed by atoms with E-state index in [9.17, 15) is 8.42 Å². The minimum Gasteiger partial charge on any atom is -0.384 e. The van der Waals surface area contributed by atoms with Gasteiger partial charge in [-0.1, -0.05) is 0 Å². The van der Waals surface area contributed by atoms with Crippen LogP contribution in [0.1, 0.15) is 6.42 Å². The van der Waals surface area contributed by atoms with E-state index in [1.807, 2.05) is 0 Å². The lowest BCUT2D eigenvalue weighted by Crippen LogP contribution is -2.30. The summed E-state index contributed by atoms with van der Waals surface area (Å²) in [5.74, 6) is 5.71. The molecule has 2 heterocycles. The van der Waals surface area contributed by atoms with E-state index in [4.69, 9.17) is 10.6 Å². The van der Waals surface area contributed by atoms with Crippen LogP contribution in [0.2, 0.25) is 0 Å². The van der Waals surface area contributed by atoms with Gasteiger partial charge >= 0.3 is 0 Å². The predicted octanol–water partition coefficient (Wildman–Crippen LogP) is 0.0242. The SMILES string of the molecule is COCC1CCN(S(=O)(=O)c2cccnc2NN)C1. The van der Waals surface area contributed by atoms with Gasteiger partial charge in [0, 0.05) is 26.4 Å². The molecule has 1 aromatic heterocycles. The molecule has 106 valence electrons. The minimum absolute atomic E-state index is 0.107. The van der Waals surface area contributed by atoms with Crippen molar-refractivity contribution in [3.63, 3.8) is 0 Å². The van der Waals surface area contributed by atoms with Crippen LogP contribution in [0, 0.1) is 5.92 Å². The van der Waals surface area contributed by atoms with Gasteiger partial charge in [0.15, 0.2) is 5.82 Å². The molecular formula is C11H18N4O3S. The lowest BCUT2D eigenvalue weighted by molar-refractivity contribution is 0.157. The van der Waals surface area contributed by atoms with Gasteiger partial charge in [0.05, 0.1) is 6.61 Å². The van der Waals surface area contributed by atoms with Gasteiger partial charge in [0.1, 0.15) is 4.90 Å². The number of hydrazine groups is 1. The summed E-state index contributed by atoms with van der Waals surface area (Å²) in [6.45, 7) is 1.53. The molecule has 2 rings (SSSR count). The van der Waals surface area contributed by atoms with Crippen LogP contribution in [0.15, 0.2) is 23.2 Å². The normalized spacial score (nSPS) is 20.6. The van der Waals surface area contributed by atoms with Crippen LogP contribution in [0.25, 0.3) is 0 Å². The van der Waals surface area contributed by atoms with E-state index in [0.717, 1.165) is 6.42 Å². The first-order chi connectivity index (χ1) is 9.09. The van der Waals surface area contributed by atoms with Crippen molar-refractivity contribution in [2.75, 3.05) is 32.2 Å². The van der Waals surface area contributed by atoms with E-state index in [-0.39, 0.29) is 16.6 Å². The number of ether oxygens (including phenoxy) is 1. The maximum absolute atomic E-state index is 12.5. The largest absolute Gasteiger partial charge is 0.384 e. The van der Waals surface area contributed by atoms with Crippen LogP contribution < -0.4 is 11.3 Å². The molecule has 1 aliphatic rings. The number of hydrogen-bond acceptors (Lipinski definition) is 6. The van der Waals surface area contributed by atoms with Gasteiger partial charge < -0.3 is 10.2 Å². The third-order valence-corrected chi connectivity index (χ3v) is 5.07. The highest BCUT2D eigenvalue weighted by Crippen LogP contribution is 2.27. The van der Waals surface area contributed by atoms with Gasteiger partial charge in [-0.25, -0.2) is 19.2 Å². The zero-order chi connectivity index (χ0) is 13.9. The van der Waals surface area contributed by atoms with Gasteiger partial charge in [0.2, 0.25) is 10.0 Å². The van der Waals surface area contributed by atoms with E-state index in [1.54, 1.807) is 13.2 Å². The molecule has 1 fully saturated rings. The Hall–Kier alpha value is -1.22. The Kier molecular flexibility index (Phi) is 4.35. The highest BCUT2D eigenvalue weighted by Gasteiger charge is 2.34. The maximum atomic E-state index is 12.5. The summed E-state index contributed by atoms with van der Waals surface area (Å²) in [7, 11) is -1.94. The van der Waals surface area contributed by atoms with Crippen molar-refractivity contribution in [3.8, 4) is 0 Å². The zero-order valence-electron chi connectivity index (χ0n) is 10.7. The second kappa shape index (κ2) is 5.83. The van der Waals surface area contributed by atoms with Crippen LogP contribution in [-0.2, 0) is 14.8 Å². The average Bonchev–Trinajstić information content (AvgIpc) is 2.88. The van der Waals surface area contributed by atoms with Crippen molar-refractivity contribution in [3.05, 3.63) is 18.3 Å². The fourth-order valence-electron chi connectivity index (χ4n) is 2.23. The monoisotopic (exact) mass is 286 g/mol. The van der Waals surface area contributed by atoms with Gasteiger partial charge in [-0.05, 0) is 24.5 Å². The Morgan fingerprint density at radius 2 is 2.42 bits per heavy atom. The topological polar surface area (TPSA) is 97.5 Å². The summed E-state index contributed by atoms with van der Waals surface area (Å²) in [5, 5.41) is 0. The number of sulfonamides is 1. The highest BCUT2D eigenvalue weighted by molar-refractivity contribution is 7.89. The number of methoxy groups -OCH3 is 1. The molecule has 0 bridgehead atoms. The highest BCUT2D eigenvalue weighted by atomic mass is 32.2. The zero-order valence-corrected chi connectivity index (χ0v) is 11.6. The van der Waals surface area contributed by atoms with Crippen molar-refractivity contribution in [1.82, 2.24) is 9.29 Å². The standard InChI is InChI=1S/C11H18N4O3S/c1-18-8-9-4-6-15(7-9)19(16,17)10-3-2-5-13-11(10)14-12/h2-3,5,9H,4,6-8,12H2,1H3,(H,13,14). The molecule has 0 spiro atoms. The third-order valence-electron chi connectivity index (χ3n) is 3.18. The molecule has 7 nitrogen and oxygen atoms in total. The fraction of sp³-hybridized carbons (Fsp3) is 0.545. The Morgan fingerprint density at radius 3 is 3.11 bits per heavy atom. The molecule has 1 unspecified atom stereocenters. The summed E-state index contributed by atoms with van der Waals surface area (Å²) < 4.78 is 31.6. The molecule has 1 atom stereocenters. The maximum Gasteiger partial charge on any atom is 0.246 e. The summed E-state index contributed by atoms with van der Waals surface area (Å²) in [6.07, 6.45) is 2.30. The summed E-state index contributed by atoms with van der Waals surface area (Å²) in [6, 6.07) is 3.08. The Bertz CT molecular complexity index is 534. The molecule has 0 aromatic carbocycles. The molecule has 3 N–H and O–H groups in total. The molecular weight excluding hydrogens is 268 g/mol. The van der Waals surface area contributed by atoms with Gasteiger partial charge in [-0.3, -0.25) is 0 Å². The summed E-state index contributed by atoms with van der Waals surface area (Å²) in [5.41, 5.74) is 2.32. The molecule has 1 aliphatic heterocycles. The quantitative estimate of drug-likeness (QED) is 0.585. The Morgan fingerprint density at radius 1 is 1.63 bits per heavy atom. The molecule has 19 heavy (non-hydrogen) atoms. The van der Waals surface area contributed by atoms with E-state index in [2.05, 4.69) is 10.4 Å². The van der Waals surface area contributed by atoms with Crippen molar-refractivity contribution in [1.29, 1.82) is 0 Å². The Balaban J connectivity index is 2.24. The molecule has 0 saturated carbocycles. The number of aromatic nitrogens is 1. The smallest absolute Gasteiger partial charge is 0.246 e. The van der Waals surface area contributed by atoms with Crippen molar-refractivity contribution < 1.29 is 13.2 Å². The summed E-state index contributed by atoms with van der Waals surface area (Å²) in [4.78, 5) is 4.03. The first-order valence-corrected chi connectivity index (χ1v) is 7.44. The first kappa shape index (κ1) is 14.2. The minimum atomic E-state index is -3.56. The van der Waals surface area contributed by atoms with E-state index in [1.165, 1.54) is 16.6 Å². The molecule has 1 aromatic rings. The number of nitrogens with one attached hydrogen (secondary N) is 1. The van der Waals surface area contributed by atoms with Gasteiger partial charge in [0.25, 0.3) is 0 Å². The molecule has 0 radical (unpaired) electrons. The van der Waals surface area contributed by atoms with Crippen LogP contribution in [0.5, 0.6) is 0 Å². The Labute approximate surface area is 112 Å². The molecule has 8 heteroatoms. The number of nitrogens with two attached hydrogens (primary N) is 1. The average molecular weight is 286 g/mol. The van der Waals surface area contributed by atoms with Gasteiger partial charge in [-0.2, -0.15) is 4.31 Å².